The zero-order valence-corrected chi connectivity index (χ0v) is 11.4. The summed E-state index contributed by atoms with van der Waals surface area (Å²) in [4.78, 5) is 21.3. The molecule has 20 heavy (non-hydrogen) atoms. The van der Waals surface area contributed by atoms with Crippen LogP contribution in [-0.2, 0) is 0 Å². The minimum absolute atomic E-state index is 0.0505. The summed E-state index contributed by atoms with van der Waals surface area (Å²) in [5.41, 5.74) is -0.0852. The van der Waals surface area contributed by atoms with Gasteiger partial charge in [0.15, 0.2) is 12.0 Å². The van der Waals surface area contributed by atoms with Crippen molar-refractivity contribution in [2.24, 2.45) is 0 Å². The number of nitro benzene ring substituents is 1. The van der Waals surface area contributed by atoms with Crippen LogP contribution in [0.5, 0.6) is 11.5 Å². The first-order valence-corrected chi connectivity index (χ1v) is 6.14. The topological polar surface area (TPSA) is 69.4 Å². The minimum Gasteiger partial charge on any atom is -0.448 e. The number of halogens is 2. The molecule has 0 bridgehead atoms. The van der Waals surface area contributed by atoms with Gasteiger partial charge in [-0.15, -0.1) is 0 Å². The summed E-state index contributed by atoms with van der Waals surface area (Å²) >= 11 is 11.7. The molecule has 5 nitrogen and oxygen atoms in total. The molecule has 0 heterocycles. The van der Waals surface area contributed by atoms with E-state index in [4.69, 9.17) is 27.9 Å². The Morgan fingerprint density at radius 2 is 1.95 bits per heavy atom. The lowest BCUT2D eigenvalue weighted by Crippen LogP contribution is -1.96. The van der Waals surface area contributed by atoms with Crippen LogP contribution in [0.2, 0.25) is 10.0 Å². The fourth-order valence-corrected chi connectivity index (χ4v) is 1.94. The first kappa shape index (κ1) is 14.3. The molecule has 0 saturated heterocycles. The Hall–Kier alpha value is -2.11. The Balaban J connectivity index is 2.52. The Kier molecular flexibility index (Phi) is 4.22. The van der Waals surface area contributed by atoms with Crippen molar-refractivity contribution in [1.82, 2.24) is 0 Å². The smallest absolute Gasteiger partial charge is 0.311 e. The highest BCUT2D eigenvalue weighted by atomic mass is 35.5. The second kappa shape index (κ2) is 5.90. The molecule has 0 amide bonds. The van der Waals surface area contributed by atoms with E-state index in [1.165, 1.54) is 30.3 Å². The molecule has 0 N–H and O–H groups in total. The molecule has 0 fully saturated rings. The third kappa shape index (κ3) is 2.89. The average Bonchev–Trinajstić information content (AvgIpc) is 2.40. The number of hydrogen-bond acceptors (Lipinski definition) is 4. The summed E-state index contributed by atoms with van der Waals surface area (Å²) < 4.78 is 5.42. The van der Waals surface area contributed by atoms with Gasteiger partial charge in [-0.1, -0.05) is 29.3 Å². The van der Waals surface area contributed by atoms with Crippen LogP contribution in [0, 0.1) is 10.1 Å². The molecule has 0 aliphatic heterocycles. The second-order valence-electron chi connectivity index (χ2n) is 3.75. The molecular formula is C13H7Cl2NO4. The monoisotopic (exact) mass is 311 g/mol. The van der Waals surface area contributed by atoms with Crippen molar-refractivity contribution in [3.8, 4) is 11.5 Å². The van der Waals surface area contributed by atoms with Crippen molar-refractivity contribution in [2.75, 3.05) is 0 Å². The highest BCUT2D eigenvalue weighted by Gasteiger charge is 2.18. The number of ether oxygens (including phenoxy) is 1. The molecule has 102 valence electrons. The van der Waals surface area contributed by atoms with Gasteiger partial charge in [0.1, 0.15) is 0 Å². The van der Waals surface area contributed by atoms with E-state index in [9.17, 15) is 14.9 Å². The number of rotatable bonds is 4. The molecule has 2 aromatic rings. The first-order chi connectivity index (χ1) is 9.52. The summed E-state index contributed by atoms with van der Waals surface area (Å²) in [6.07, 6.45) is 0.553. The summed E-state index contributed by atoms with van der Waals surface area (Å²) in [5, 5.41) is 11.4. The summed E-state index contributed by atoms with van der Waals surface area (Å²) in [7, 11) is 0. The van der Waals surface area contributed by atoms with Gasteiger partial charge in [-0.25, -0.2) is 0 Å². The van der Waals surface area contributed by atoms with Crippen LogP contribution in [-0.4, -0.2) is 11.2 Å². The Morgan fingerprint density at radius 3 is 2.60 bits per heavy atom. The van der Waals surface area contributed by atoms with Crippen molar-refractivity contribution >= 4 is 35.2 Å². The lowest BCUT2D eigenvalue weighted by atomic mass is 10.2. The van der Waals surface area contributed by atoms with E-state index >= 15 is 0 Å². The molecule has 0 spiro atoms. The van der Waals surface area contributed by atoms with E-state index in [-0.39, 0.29) is 32.8 Å². The van der Waals surface area contributed by atoms with Gasteiger partial charge in [0, 0.05) is 17.2 Å². The number of nitrogens with zero attached hydrogens (tertiary/aromatic N) is 1. The molecule has 7 heteroatoms. The van der Waals surface area contributed by atoms with E-state index in [2.05, 4.69) is 0 Å². The Labute approximate surface area is 123 Å². The maximum atomic E-state index is 11.0. The fourth-order valence-electron chi connectivity index (χ4n) is 1.56. The van der Waals surface area contributed by atoms with Crippen LogP contribution in [0.25, 0.3) is 0 Å². The van der Waals surface area contributed by atoms with Gasteiger partial charge in [-0.2, -0.15) is 0 Å². The number of para-hydroxylation sites is 1. The Bertz CT molecular complexity index is 688. The SMILES string of the molecule is O=Cc1cccc(Cl)c1Oc1cc(Cl)ccc1[N+](=O)[O-]. The largest absolute Gasteiger partial charge is 0.448 e. The average molecular weight is 312 g/mol. The molecule has 0 radical (unpaired) electrons. The van der Waals surface area contributed by atoms with Crippen LogP contribution in [0.15, 0.2) is 36.4 Å². The van der Waals surface area contributed by atoms with Gasteiger partial charge < -0.3 is 4.74 Å². The van der Waals surface area contributed by atoms with Crippen LogP contribution >= 0.6 is 23.2 Å². The minimum atomic E-state index is -0.608. The van der Waals surface area contributed by atoms with Crippen molar-refractivity contribution in [3.63, 3.8) is 0 Å². The molecule has 2 rings (SSSR count). The standard InChI is InChI=1S/C13H7Cl2NO4/c14-9-4-5-11(16(18)19)12(6-9)20-13-8(7-17)2-1-3-10(13)15/h1-7H. The van der Waals surface area contributed by atoms with E-state index in [0.717, 1.165) is 0 Å². The Morgan fingerprint density at radius 1 is 1.20 bits per heavy atom. The van der Waals surface area contributed by atoms with Gasteiger partial charge in [-0.05, 0) is 18.2 Å². The quantitative estimate of drug-likeness (QED) is 0.473. The van der Waals surface area contributed by atoms with Crippen LogP contribution in [0.1, 0.15) is 10.4 Å². The van der Waals surface area contributed by atoms with Crippen LogP contribution in [0.4, 0.5) is 5.69 Å². The molecule has 2 aromatic carbocycles. The molecule has 0 aliphatic carbocycles. The molecule has 0 atom stereocenters. The van der Waals surface area contributed by atoms with Gasteiger partial charge in [-0.3, -0.25) is 14.9 Å². The number of aldehydes is 1. The zero-order valence-electron chi connectivity index (χ0n) is 9.88. The number of benzene rings is 2. The van der Waals surface area contributed by atoms with Crippen molar-refractivity contribution in [1.29, 1.82) is 0 Å². The highest BCUT2D eigenvalue weighted by Crippen LogP contribution is 2.37. The van der Waals surface area contributed by atoms with Crippen LogP contribution < -0.4 is 4.74 Å². The van der Waals surface area contributed by atoms with Crippen molar-refractivity contribution < 1.29 is 14.5 Å². The summed E-state index contributed by atoms with van der Waals surface area (Å²) in [6.45, 7) is 0. The third-order valence-corrected chi connectivity index (χ3v) is 2.99. The third-order valence-electron chi connectivity index (χ3n) is 2.45. The second-order valence-corrected chi connectivity index (χ2v) is 4.59. The lowest BCUT2D eigenvalue weighted by Gasteiger charge is -2.10. The summed E-state index contributed by atoms with van der Waals surface area (Å²) in [6, 6.07) is 8.46. The highest BCUT2D eigenvalue weighted by molar-refractivity contribution is 6.32. The van der Waals surface area contributed by atoms with E-state index in [1.807, 2.05) is 0 Å². The molecule has 0 aliphatic rings. The van der Waals surface area contributed by atoms with Gasteiger partial charge in [0.05, 0.1) is 15.5 Å². The number of hydrogen-bond donors (Lipinski definition) is 0. The zero-order chi connectivity index (χ0) is 14.7. The number of nitro groups is 1. The fraction of sp³-hybridized carbons (Fsp3) is 0. The molecule has 0 aromatic heterocycles. The van der Waals surface area contributed by atoms with E-state index < -0.39 is 4.92 Å². The lowest BCUT2D eigenvalue weighted by molar-refractivity contribution is -0.385. The van der Waals surface area contributed by atoms with Gasteiger partial charge in [0.25, 0.3) is 0 Å². The van der Waals surface area contributed by atoms with Crippen molar-refractivity contribution in [2.45, 2.75) is 0 Å². The van der Waals surface area contributed by atoms with Gasteiger partial charge in [0.2, 0.25) is 5.75 Å². The first-order valence-electron chi connectivity index (χ1n) is 5.38. The maximum absolute atomic E-state index is 11.0. The van der Waals surface area contributed by atoms with E-state index in [1.54, 1.807) is 6.07 Å². The van der Waals surface area contributed by atoms with Crippen molar-refractivity contribution in [3.05, 3.63) is 62.1 Å². The number of carbonyl (C=O) groups is 1. The van der Waals surface area contributed by atoms with Crippen LogP contribution in [0.3, 0.4) is 0 Å². The predicted molar refractivity (Wildman–Crippen MR) is 75.0 cm³/mol. The molecule has 0 saturated carbocycles. The van der Waals surface area contributed by atoms with Gasteiger partial charge >= 0.3 is 5.69 Å². The maximum Gasteiger partial charge on any atom is 0.311 e. The van der Waals surface area contributed by atoms with E-state index in [0.29, 0.717) is 6.29 Å². The predicted octanol–water partition coefficient (Wildman–Crippen LogP) is 4.51. The normalized spacial score (nSPS) is 10.1. The summed E-state index contributed by atoms with van der Waals surface area (Å²) in [5.74, 6) is -0.0340. The molecular weight excluding hydrogens is 305 g/mol. The number of carbonyl (C=O) groups excluding carboxylic acids is 1. The molecule has 0 unspecified atom stereocenters.